The molecule has 11 heteroatoms. The van der Waals surface area contributed by atoms with Gasteiger partial charge in [-0.15, -0.1) is 0 Å². The van der Waals surface area contributed by atoms with E-state index in [2.05, 4.69) is 39.1 Å². The number of sulfonamides is 1. The molecule has 3 aromatic carbocycles. The van der Waals surface area contributed by atoms with Gasteiger partial charge in [0, 0.05) is 26.2 Å². The van der Waals surface area contributed by atoms with Gasteiger partial charge in [0.1, 0.15) is 17.4 Å². The summed E-state index contributed by atoms with van der Waals surface area (Å²) in [6.45, 7) is 11.7. The van der Waals surface area contributed by atoms with Gasteiger partial charge in [0.05, 0.1) is 4.90 Å². The van der Waals surface area contributed by atoms with Crippen LogP contribution in [0, 0.1) is 20.8 Å². The minimum atomic E-state index is -4.08. The highest BCUT2D eigenvalue weighted by Crippen LogP contribution is 2.42. The quantitative estimate of drug-likeness (QED) is 0.114. The van der Waals surface area contributed by atoms with Crippen molar-refractivity contribution in [2.75, 3.05) is 13.6 Å². The first kappa shape index (κ1) is 35.9. The van der Waals surface area contributed by atoms with Gasteiger partial charge in [-0.3, -0.25) is 14.7 Å². The Balaban J connectivity index is 1.47. The number of hydrogen-bond donors (Lipinski definition) is 4. The maximum Gasteiger partial charge on any atom is 0.241 e. The van der Waals surface area contributed by atoms with Gasteiger partial charge >= 0.3 is 0 Å². The minimum absolute atomic E-state index is 0.0533. The van der Waals surface area contributed by atoms with Crippen molar-refractivity contribution >= 4 is 21.9 Å². The number of hydrogen-bond acceptors (Lipinski definition) is 6. The molecular formula is C36H50N6O4S. The van der Waals surface area contributed by atoms with Gasteiger partial charge in [-0.25, -0.2) is 8.42 Å². The second kappa shape index (κ2) is 15.3. The molecule has 1 aliphatic rings. The van der Waals surface area contributed by atoms with Crippen molar-refractivity contribution in [1.82, 2.24) is 14.9 Å². The maximum absolute atomic E-state index is 14.0. The van der Waals surface area contributed by atoms with Crippen LogP contribution < -0.4 is 26.2 Å². The number of carbonyl (C=O) groups is 1. The van der Waals surface area contributed by atoms with Crippen molar-refractivity contribution in [1.29, 1.82) is 0 Å². The van der Waals surface area contributed by atoms with E-state index < -0.39 is 22.0 Å². The van der Waals surface area contributed by atoms with E-state index in [1.165, 1.54) is 5.56 Å². The van der Waals surface area contributed by atoms with Crippen LogP contribution in [-0.4, -0.2) is 50.4 Å². The van der Waals surface area contributed by atoms with Gasteiger partial charge in [0.25, 0.3) is 0 Å². The van der Waals surface area contributed by atoms with Crippen molar-refractivity contribution in [3.8, 4) is 5.75 Å². The van der Waals surface area contributed by atoms with Crippen LogP contribution in [0.5, 0.6) is 5.75 Å². The summed E-state index contributed by atoms with van der Waals surface area (Å²) in [5.41, 5.74) is 16.9. The van der Waals surface area contributed by atoms with E-state index in [-0.39, 0.29) is 36.0 Å². The van der Waals surface area contributed by atoms with E-state index in [1.807, 2.05) is 70.2 Å². The fourth-order valence-electron chi connectivity index (χ4n) is 6.08. The molecule has 0 spiro atoms. The number of rotatable bonds is 14. The first-order valence-corrected chi connectivity index (χ1v) is 17.6. The summed E-state index contributed by atoms with van der Waals surface area (Å²) in [6, 6.07) is 17.4. The molecule has 1 aliphatic heterocycles. The Kier molecular flexibility index (Phi) is 11.7. The fourth-order valence-corrected chi connectivity index (χ4v) is 7.88. The lowest BCUT2D eigenvalue weighted by molar-refractivity contribution is -0.123. The molecule has 0 aromatic heterocycles. The van der Waals surface area contributed by atoms with Crippen molar-refractivity contribution in [2.45, 2.75) is 96.5 Å². The fraction of sp³-hybridized carbons (Fsp3) is 0.444. The van der Waals surface area contributed by atoms with Gasteiger partial charge in [0.15, 0.2) is 5.96 Å². The van der Waals surface area contributed by atoms with Crippen molar-refractivity contribution in [3.63, 3.8) is 0 Å². The normalized spacial score (nSPS) is 14.6. The SMILES string of the molecule is Cc1c(C)c(S(=O)(=O)N[C@@H](CCCN=C(N)N)C(=O)NCc2ccc(CN(C)Cc3ccccc3)cc2)c(C)c2c1OC(C)(C)CC2. The second-order valence-electron chi connectivity index (χ2n) is 13.2. The van der Waals surface area contributed by atoms with Crippen LogP contribution in [-0.2, 0) is 40.9 Å². The number of fused-ring (bicyclic) bond motifs is 1. The van der Waals surface area contributed by atoms with Crippen LogP contribution in [0.3, 0.4) is 0 Å². The Labute approximate surface area is 280 Å². The lowest BCUT2D eigenvalue weighted by Crippen LogP contribution is -2.47. The Morgan fingerprint density at radius 3 is 2.21 bits per heavy atom. The molecule has 4 rings (SSSR count). The molecule has 0 saturated carbocycles. The number of aliphatic imine (C=N–C) groups is 1. The Bertz CT molecular complexity index is 1680. The van der Waals surface area contributed by atoms with Crippen LogP contribution in [0.1, 0.15) is 72.1 Å². The number of nitrogens with zero attached hydrogens (tertiary/aromatic N) is 2. The maximum atomic E-state index is 14.0. The predicted molar refractivity (Wildman–Crippen MR) is 188 cm³/mol. The van der Waals surface area contributed by atoms with Crippen LogP contribution >= 0.6 is 0 Å². The molecule has 1 atom stereocenters. The van der Waals surface area contributed by atoms with Crippen molar-refractivity contribution < 1.29 is 17.9 Å². The van der Waals surface area contributed by atoms with Gasteiger partial charge in [-0.1, -0.05) is 54.6 Å². The summed E-state index contributed by atoms with van der Waals surface area (Å²) in [5.74, 6) is 0.290. The van der Waals surface area contributed by atoms with Crippen LogP contribution in [0.25, 0.3) is 0 Å². The zero-order valence-electron chi connectivity index (χ0n) is 28.5. The van der Waals surface area contributed by atoms with Crippen LogP contribution in [0.2, 0.25) is 0 Å². The summed E-state index contributed by atoms with van der Waals surface area (Å²) in [6.07, 6.45) is 2.11. The third-order valence-electron chi connectivity index (χ3n) is 8.73. The molecule has 1 heterocycles. The van der Waals surface area contributed by atoms with Crippen molar-refractivity contribution in [2.24, 2.45) is 16.5 Å². The monoisotopic (exact) mass is 662 g/mol. The van der Waals surface area contributed by atoms with Gasteiger partial charge in [0.2, 0.25) is 15.9 Å². The molecule has 0 radical (unpaired) electrons. The minimum Gasteiger partial charge on any atom is -0.487 e. The molecule has 0 aliphatic carbocycles. The number of amides is 1. The first-order chi connectivity index (χ1) is 22.2. The molecule has 0 saturated heterocycles. The summed E-state index contributed by atoms with van der Waals surface area (Å²) in [5, 5.41) is 2.93. The number of guanidine groups is 1. The molecule has 0 unspecified atom stereocenters. The summed E-state index contributed by atoms with van der Waals surface area (Å²) >= 11 is 0. The van der Waals surface area contributed by atoms with Gasteiger partial charge < -0.3 is 21.5 Å². The van der Waals surface area contributed by atoms with Gasteiger partial charge in [-0.05, 0) is 106 Å². The highest BCUT2D eigenvalue weighted by Gasteiger charge is 2.35. The molecule has 3 aromatic rings. The Hall–Kier alpha value is -3.93. The largest absolute Gasteiger partial charge is 0.487 e. The van der Waals surface area contributed by atoms with E-state index >= 15 is 0 Å². The summed E-state index contributed by atoms with van der Waals surface area (Å²) in [4.78, 5) is 20.0. The van der Waals surface area contributed by atoms with Crippen LogP contribution in [0.15, 0.2) is 64.5 Å². The summed E-state index contributed by atoms with van der Waals surface area (Å²) < 4.78 is 37.0. The predicted octanol–water partition coefficient (Wildman–Crippen LogP) is 4.36. The van der Waals surface area contributed by atoms with E-state index in [1.54, 1.807) is 6.92 Å². The zero-order chi connectivity index (χ0) is 34.4. The van der Waals surface area contributed by atoms with E-state index in [0.717, 1.165) is 47.5 Å². The zero-order valence-corrected chi connectivity index (χ0v) is 29.3. The smallest absolute Gasteiger partial charge is 0.241 e. The highest BCUT2D eigenvalue weighted by molar-refractivity contribution is 7.89. The van der Waals surface area contributed by atoms with Crippen LogP contribution in [0.4, 0.5) is 0 Å². The van der Waals surface area contributed by atoms with Crippen molar-refractivity contribution in [3.05, 3.63) is 93.5 Å². The number of nitrogens with one attached hydrogen (secondary N) is 2. The third kappa shape index (κ3) is 9.56. The molecule has 1 amide bonds. The second-order valence-corrected chi connectivity index (χ2v) is 14.8. The number of benzene rings is 3. The first-order valence-electron chi connectivity index (χ1n) is 16.1. The highest BCUT2D eigenvalue weighted by atomic mass is 32.2. The average Bonchev–Trinajstić information content (AvgIpc) is 3.00. The molecule has 0 bridgehead atoms. The van der Waals surface area contributed by atoms with E-state index in [4.69, 9.17) is 16.2 Å². The lowest BCUT2D eigenvalue weighted by Gasteiger charge is -2.35. The summed E-state index contributed by atoms with van der Waals surface area (Å²) in [7, 11) is -2.00. The number of nitrogens with two attached hydrogens (primary N) is 2. The molecule has 0 fully saturated rings. The molecule has 47 heavy (non-hydrogen) atoms. The standard InChI is InChI=1S/C36H50N6O4S/c1-24-25(2)33(26(3)30-18-19-36(4,5)46-32(24)30)47(44,45)41-31(13-10-20-39-35(37)38)34(43)40-21-27-14-16-29(17-15-27)23-42(6)22-28-11-8-7-9-12-28/h7-9,11-12,14-17,31,41H,10,13,18-23H2,1-6H3,(H,40,43)(H4,37,38,39)/t31-/m0/s1. The lowest BCUT2D eigenvalue weighted by atomic mass is 9.88. The average molecular weight is 663 g/mol. The molecule has 10 nitrogen and oxygen atoms in total. The third-order valence-corrected chi connectivity index (χ3v) is 10.5. The van der Waals surface area contributed by atoms with E-state index in [0.29, 0.717) is 24.0 Å². The topological polar surface area (TPSA) is 152 Å². The molecular weight excluding hydrogens is 613 g/mol. The molecule has 254 valence electrons. The Morgan fingerprint density at radius 1 is 0.957 bits per heavy atom. The molecule has 6 N–H and O–H groups in total. The van der Waals surface area contributed by atoms with Gasteiger partial charge in [-0.2, -0.15) is 4.72 Å². The van der Waals surface area contributed by atoms with E-state index in [9.17, 15) is 13.2 Å². The number of carbonyl (C=O) groups excluding carboxylic acids is 1. The Morgan fingerprint density at radius 2 is 1.57 bits per heavy atom. The number of ether oxygens (including phenoxy) is 1.